The Balaban J connectivity index is 1.69. The number of hydrogen-bond acceptors (Lipinski definition) is 6. The van der Waals surface area contributed by atoms with Crippen molar-refractivity contribution in [2.75, 3.05) is 36.5 Å². The molecule has 1 fully saturated rings. The summed E-state index contributed by atoms with van der Waals surface area (Å²) in [6.45, 7) is 3.05. The van der Waals surface area contributed by atoms with Crippen LogP contribution in [0, 0.1) is 11.3 Å². The summed E-state index contributed by atoms with van der Waals surface area (Å²) in [4.78, 5) is 20.0. The lowest BCUT2D eigenvalue weighted by Crippen LogP contribution is -2.36. The summed E-state index contributed by atoms with van der Waals surface area (Å²) < 4.78 is 5.39. The third-order valence-electron chi connectivity index (χ3n) is 4.33. The largest absolute Gasteiger partial charge is 0.378 e. The highest BCUT2D eigenvalue weighted by Gasteiger charge is 2.31. The molecule has 7 heteroatoms. The number of hydrogen-bond donors (Lipinski definition) is 1. The van der Waals surface area contributed by atoms with E-state index >= 15 is 0 Å². The number of ether oxygens (including phenoxy) is 1. The number of anilines is 2. The van der Waals surface area contributed by atoms with Crippen molar-refractivity contribution in [3.8, 4) is 6.07 Å². The second kappa shape index (κ2) is 6.23. The molecule has 1 aromatic carbocycles. The van der Waals surface area contributed by atoms with E-state index < -0.39 is 0 Å². The molecule has 1 aromatic heterocycles. The van der Waals surface area contributed by atoms with E-state index in [1.165, 1.54) is 0 Å². The minimum Gasteiger partial charge on any atom is -0.378 e. The van der Waals surface area contributed by atoms with Crippen molar-refractivity contribution in [2.45, 2.75) is 12.3 Å². The Kier molecular flexibility index (Phi) is 3.92. The van der Waals surface area contributed by atoms with Gasteiger partial charge in [0.25, 0.3) is 0 Å². The Hall–Kier alpha value is -2.43. The number of thiazole rings is 1. The maximum atomic E-state index is 12.1. The summed E-state index contributed by atoms with van der Waals surface area (Å²) in [6, 6.07) is 9.58. The molecule has 6 nitrogen and oxygen atoms in total. The van der Waals surface area contributed by atoms with E-state index in [2.05, 4.69) is 21.3 Å². The van der Waals surface area contributed by atoms with Crippen molar-refractivity contribution < 1.29 is 9.53 Å². The summed E-state index contributed by atoms with van der Waals surface area (Å²) in [5.41, 5.74) is 1.67. The number of nitrogens with zero attached hydrogens (tertiary/aromatic N) is 3. The van der Waals surface area contributed by atoms with Gasteiger partial charge in [0.2, 0.25) is 5.91 Å². The minimum absolute atomic E-state index is 0.00576. The van der Waals surface area contributed by atoms with Gasteiger partial charge in [-0.15, -0.1) is 0 Å². The van der Waals surface area contributed by atoms with E-state index in [-0.39, 0.29) is 11.8 Å². The van der Waals surface area contributed by atoms with Gasteiger partial charge < -0.3 is 15.0 Å². The molecule has 2 aliphatic rings. The summed E-state index contributed by atoms with van der Waals surface area (Å²) in [5, 5.41) is 12.8. The zero-order valence-electron chi connectivity index (χ0n) is 13.0. The summed E-state index contributed by atoms with van der Waals surface area (Å²) in [7, 11) is 0. The van der Waals surface area contributed by atoms with Crippen molar-refractivity contribution in [2.24, 2.45) is 0 Å². The lowest BCUT2D eigenvalue weighted by Gasteiger charge is -2.26. The van der Waals surface area contributed by atoms with Crippen LogP contribution in [0.15, 0.2) is 24.3 Å². The van der Waals surface area contributed by atoms with Gasteiger partial charge in [0, 0.05) is 25.4 Å². The Morgan fingerprint density at radius 1 is 1.29 bits per heavy atom. The summed E-state index contributed by atoms with van der Waals surface area (Å²) >= 11 is 1.64. The van der Waals surface area contributed by atoms with Crippen LogP contribution in [-0.4, -0.2) is 37.2 Å². The molecule has 3 heterocycles. The van der Waals surface area contributed by atoms with Crippen molar-refractivity contribution in [3.05, 3.63) is 40.3 Å². The summed E-state index contributed by atoms with van der Waals surface area (Å²) in [6.07, 6.45) is 0.406. The molecule has 1 N–H and O–H groups in total. The first-order valence-corrected chi connectivity index (χ1v) is 8.69. The number of aromatic nitrogens is 1. The first kappa shape index (κ1) is 15.1. The van der Waals surface area contributed by atoms with Crippen molar-refractivity contribution in [1.29, 1.82) is 5.26 Å². The lowest BCUT2D eigenvalue weighted by molar-refractivity contribution is -0.116. The van der Waals surface area contributed by atoms with Gasteiger partial charge in [-0.2, -0.15) is 5.26 Å². The van der Waals surface area contributed by atoms with E-state index in [9.17, 15) is 4.79 Å². The number of nitrogens with one attached hydrogen (secondary N) is 1. The molecular weight excluding hydrogens is 324 g/mol. The van der Waals surface area contributed by atoms with Gasteiger partial charge in [0.15, 0.2) is 5.13 Å². The van der Waals surface area contributed by atoms with Crippen LogP contribution in [0.1, 0.15) is 28.3 Å². The Bertz CT molecular complexity index is 803. The van der Waals surface area contributed by atoms with Gasteiger partial charge >= 0.3 is 0 Å². The second-order valence-electron chi connectivity index (χ2n) is 5.85. The van der Waals surface area contributed by atoms with E-state index in [0.29, 0.717) is 31.0 Å². The number of fused-ring (bicyclic) bond motifs is 1. The van der Waals surface area contributed by atoms with Crippen LogP contribution in [0.4, 0.5) is 10.9 Å². The smallest absolute Gasteiger partial charge is 0.226 e. The molecule has 0 unspecified atom stereocenters. The zero-order chi connectivity index (χ0) is 16.5. The van der Waals surface area contributed by atoms with E-state index in [0.717, 1.165) is 28.7 Å². The van der Waals surface area contributed by atoms with Gasteiger partial charge in [-0.3, -0.25) is 4.79 Å². The Morgan fingerprint density at radius 2 is 2.04 bits per heavy atom. The third kappa shape index (κ3) is 2.75. The van der Waals surface area contributed by atoms with Crippen molar-refractivity contribution in [1.82, 2.24) is 4.98 Å². The lowest BCUT2D eigenvalue weighted by atomic mass is 9.91. The molecule has 4 rings (SSSR count). The predicted octanol–water partition coefficient (Wildman–Crippen LogP) is 2.33. The molecule has 122 valence electrons. The number of amides is 1. The monoisotopic (exact) mass is 340 g/mol. The van der Waals surface area contributed by atoms with Crippen LogP contribution < -0.4 is 10.2 Å². The molecule has 1 saturated heterocycles. The first-order valence-electron chi connectivity index (χ1n) is 7.88. The summed E-state index contributed by atoms with van der Waals surface area (Å²) in [5.74, 6) is 0.650. The minimum atomic E-state index is -0.0179. The maximum Gasteiger partial charge on any atom is 0.226 e. The third-order valence-corrected chi connectivity index (χ3v) is 5.56. The van der Waals surface area contributed by atoms with E-state index in [1.807, 2.05) is 12.1 Å². The first-order chi connectivity index (χ1) is 11.7. The van der Waals surface area contributed by atoms with Gasteiger partial charge in [-0.1, -0.05) is 23.5 Å². The van der Waals surface area contributed by atoms with E-state index in [4.69, 9.17) is 10.00 Å². The number of carbonyl (C=O) groups excluding carboxylic acids is 1. The Morgan fingerprint density at radius 3 is 2.75 bits per heavy atom. The fourth-order valence-corrected chi connectivity index (χ4v) is 4.26. The van der Waals surface area contributed by atoms with E-state index in [1.54, 1.807) is 23.5 Å². The average molecular weight is 340 g/mol. The van der Waals surface area contributed by atoms with Crippen LogP contribution in [0.2, 0.25) is 0 Å². The molecule has 1 amide bonds. The molecule has 24 heavy (non-hydrogen) atoms. The topological polar surface area (TPSA) is 78.2 Å². The fourth-order valence-electron chi connectivity index (χ4n) is 3.06. The molecule has 2 aliphatic heterocycles. The van der Waals surface area contributed by atoms with Crippen molar-refractivity contribution in [3.63, 3.8) is 0 Å². The number of rotatable bonds is 2. The fraction of sp³-hybridized carbons (Fsp3) is 0.353. The second-order valence-corrected chi connectivity index (χ2v) is 6.86. The van der Waals surface area contributed by atoms with Gasteiger partial charge in [-0.25, -0.2) is 4.98 Å². The molecule has 0 saturated carbocycles. The van der Waals surface area contributed by atoms with Crippen LogP contribution in [0.25, 0.3) is 0 Å². The maximum absolute atomic E-state index is 12.1. The molecule has 0 aliphatic carbocycles. The quantitative estimate of drug-likeness (QED) is 0.908. The molecule has 1 atom stereocenters. The van der Waals surface area contributed by atoms with Crippen LogP contribution in [0.3, 0.4) is 0 Å². The van der Waals surface area contributed by atoms with Crippen LogP contribution in [0.5, 0.6) is 0 Å². The van der Waals surface area contributed by atoms with Crippen molar-refractivity contribution >= 4 is 28.2 Å². The SMILES string of the molecule is N#Cc1ccc([C@H]2CC(=O)Nc3nc(N4CCOCC4)sc32)cc1. The van der Waals surface area contributed by atoms with Gasteiger partial charge in [0.05, 0.1) is 29.7 Å². The predicted molar refractivity (Wildman–Crippen MR) is 91.4 cm³/mol. The number of carbonyl (C=O) groups is 1. The number of benzene rings is 1. The molecule has 0 bridgehead atoms. The zero-order valence-corrected chi connectivity index (χ0v) is 13.8. The average Bonchev–Trinajstić information content (AvgIpc) is 3.06. The molecule has 0 radical (unpaired) electrons. The standard InChI is InChI=1S/C17H16N4O2S/c18-10-11-1-3-12(4-2-11)13-9-14(22)19-16-15(13)24-17(20-16)21-5-7-23-8-6-21/h1-4,13H,5-9H2,(H,19,22)/t13-/m1/s1. The number of morpholine rings is 1. The van der Waals surface area contributed by atoms with Gasteiger partial charge in [-0.05, 0) is 17.7 Å². The van der Waals surface area contributed by atoms with Crippen LogP contribution >= 0.6 is 11.3 Å². The highest BCUT2D eigenvalue weighted by Crippen LogP contribution is 2.43. The molecule has 2 aromatic rings. The normalized spacial score (nSPS) is 20.2. The molecule has 0 spiro atoms. The number of nitriles is 1. The highest BCUT2D eigenvalue weighted by atomic mass is 32.1. The van der Waals surface area contributed by atoms with Crippen LogP contribution in [-0.2, 0) is 9.53 Å². The highest BCUT2D eigenvalue weighted by molar-refractivity contribution is 7.16. The molecular formula is C17H16N4O2S. The Labute approximate surface area is 143 Å². The van der Waals surface area contributed by atoms with Gasteiger partial charge in [0.1, 0.15) is 5.82 Å².